The van der Waals surface area contributed by atoms with E-state index < -0.39 is 0 Å². The molecule has 0 aliphatic carbocycles. The SMILES string of the molecule is O=[N+]([O-])C1=C2NCC(Cc3ccc(Cl)nc3)N2CN(Cc2ccccc2F)C1. The minimum absolute atomic E-state index is 0.0383. The van der Waals surface area contributed by atoms with E-state index in [4.69, 9.17) is 11.6 Å². The van der Waals surface area contributed by atoms with Crippen molar-refractivity contribution in [1.29, 1.82) is 0 Å². The normalized spacial score (nSPS) is 19.5. The lowest BCUT2D eigenvalue weighted by molar-refractivity contribution is -0.432. The molecule has 1 aromatic heterocycles. The van der Waals surface area contributed by atoms with Crippen molar-refractivity contribution in [2.45, 2.75) is 19.0 Å². The van der Waals surface area contributed by atoms with Crippen LogP contribution in [0.15, 0.2) is 54.1 Å². The van der Waals surface area contributed by atoms with Crippen molar-refractivity contribution < 1.29 is 9.31 Å². The average Bonchev–Trinajstić information content (AvgIpc) is 3.07. The fraction of sp³-hybridized carbons (Fsp3) is 0.316. The molecular formula is C19H19ClFN5O2. The summed E-state index contributed by atoms with van der Waals surface area (Å²) in [7, 11) is 0. The van der Waals surface area contributed by atoms with E-state index in [-0.39, 0.29) is 29.0 Å². The van der Waals surface area contributed by atoms with Gasteiger partial charge in [-0.1, -0.05) is 35.9 Å². The van der Waals surface area contributed by atoms with Gasteiger partial charge in [0.25, 0.3) is 5.70 Å². The zero-order valence-corrected chi connectivity index (χ0v) is 15.8. The molecule has 146 valence electrons. The first kappa shape index (κ1) is 18.6. The molecule has 0 bridgehead atoms. The van der Waals surface area contributed by atoms with Gasteiger partial charge in [-0.3, -0.25) is 15.0 Å². The van der Waals surface area contributed by atoms with Gasteiger partial charge < -0.3 is 10.2 Å². The number of halogens is 2. The lowest BCUT2D eigenvalue weighted by atomic mass is 10.1. The Hall–Kier alpha value is -2.71. The van der Waals surface area contributed by atoms with Crippen molar-refractivity contribution in [3.63, 3.8) is 0 Å². The fourth-order valence-corrected chi connectivity index (χ4v) is 3.83. The predicted molar refractivity (Wildman–Crippen MR) is 102 cm³/mol. The highest BCUT2D eigenvalue weighted by Gasteiger charge is 2.40. The van der Waals surface area contributed by atoms with Crippen molar-refractivity contribution in [2.24, 2.45) is 0 Å². The topological polar surface area (TPSA) is 74.5 Å². The molecule has 1 fully saturated rings. The molecule has 0 spiro atoms. The maximum atomic E-state index is 14.0. The zero-order valence-electron chi connectivity index (χ0n) is 15.0. The highest BCUT2D eigenvalue weighted by molar-refractivity contribution is 6.29. The summed E-state index contributed by atoms with van der Waals surface area (Å²) in [5.74, 6) is 0.255. The first-order chi connectivity index (χ1) is 13.5. The van der Waals surface area contributed by atoms with Crippen LogP contribution in [0.3, 0.4) is 0 Å². The Labute approximate surface area is 166 Å². The Kier molecular flexibility index (Phi) is 5.15. The highest BCUT2D eigenvalue weighted by atomic mass is 35.5. The number of aromatic nitrogens is 1. The van der Waals surface area contributed by atoms with Crippen LogP contribution in [-0.4, -0.2) is 45.5 Å². The minimum atomic E-state index is -0.352. The number of pyridine rings is 1. The summed E-state index contributed by atoms with van der Waals surface area (Å²) in [6, 6.07) is 10.2. The van der Waals surface area contributed by atoms with Crippen molar-refractivity contribution >= 4 is 11.6 Å². The van der Waals surface area contributed by atoms with E-state index in [1.807, 2.05) is 15.9 Å². The molecule has 0 saturated carbocycles. The second-order valence-corrected chi connectivity index (χ2v) is 7.36. The van der Waals surface area contributed by atoms with Crippen LogP contribution in [0.2, 0.25) is 5.15 Å². The third kappa shape index (κ3) is 3.79. The summed E-state index contributed by atoms with van der Waals surface area (Å²) >= 11 is 5.85. The number of rotatable bonds is 5. The second-order valence-electron chi connectivity index (χ2n) is 6.97. The van der Waals surface area contributed by atoms with Gasteiger partial charge in [0, 0.05) is 24.8 Å². The minimum Gasteiger partial charge on any atom is -0.364 e. The van der Waals surface area contributed by atoms with Crippen molar-refractivity contribution in [1.82, 2.24) is 20.1 Å². The molecule has 1 N–H and O–H groups in total. The summed E-state index contributed by atoms with van der Waals surface area (Å²) in [5.41, 5.74) is 1.64. The monoisotopic (exact) mass is 403 g/mol. The Morgan fingerprint density at radius 3 is 2.86 bits per heavy atom. The third-order valence-corrected chi connectivity index (χ3v) is 5.29. The molecule has 4 rings (SSSR count). The average molecular weight is 404 g/mol. The van der Waals surface area contributed by atoms with Gasteiger partial charge in [-0.2, -0.15) is 0 Å². The first-order valence-electron chi connectivity index (χ1n) is 8.95. The smallest absolute Gasteiger partial charge is 0.299 e. The summed E-state index contributed by atoms with van der Waals surface area (Å²) < 4.78 is 14.0. The third-order valence-electron chi connectivity index (χ3n) is 5.06. The van der Waals surface area contributed by atoms with E-state index in [1.54, 1.807) is 30.5 Å². The van der Waals surface area contributed by atoms with Gasteiger partial charge in [-0.05, 0) is 24.1 Å². The first-order valence-corrected chi connectivity index (χ1v) is 9.33. The van der Waals surface area contributed by atoms with Gasteiger partial charge >= 0.3 is 0 Å². The summed E-state index contributed by atoms with van der Waals surface area (Å²) in [5, 5.41) is 15.2. The predicted octanol–water partition coefficient (Wildman–Crippen LogP) is 2.61. The number of fused-ring (bicyclic) bond motifs is 1. The van der Waals surface area contributed by atoms with E-state index >= 15 is 0 Å². The maximum Gasteiger partial charge on any atom is 0.299 e. The lowest BCUT2D eigenvalue weighted by Crippen LogP contribution is -2.47. The van der Waals surface area contributed by atoms with Crippen LogP contribution in [0.1, 0.15) is 11.1 Å². The Morgan fingerprint density at radius 1 is 1.32 bits per heavy atom. The van der Waals surface area contributed by atoms with Crippen LogP contribution < -0.4 is 5.32 Å². The van der Waals surface area contributed by atoms with Crippen LogP contribution >= 0.6 is 11.6 Å². The Bertz CT molecular complexity index is 921. The molecule has 7 nitrogen and oxygen atoms in total. The number of nitrogens with one attached hydrogen (secondary N) is 1. The highest BCUT2D eigenvalue weighted by Crippen LogP contribution is 2.27. The molecule has 3 heterocycles. The van der Waals surface area contributed by atoms with Gasteiger partial charge in [0.2, 0.25) is 0 Å². The summed E-state index contributed by atoms with van der Waals surface area (Å²) in [6.07, 6.45) is 2.40. The van der Waals surface area contributed by atoms with E-state index in [9.17, 15) is 14.5 Å². The lowest BCUT2D eigenvalue weighted by Gasteiger charge is -2.36. The molecule has 1 saturated heterocycles. The molecule has 2 aliphatic rings. The molecule has 0 amide bonds. The van der Waals surface area contributed by atoms with Crippen LogP contribution in [0.5, 0.6) is 0 Å². The van der Waals surface area contributed by atoms with E-state index in [1.165, 1.54) is 6.07 Å². The Balaban J connectivity index is 1.56. The van der Waals surface area contributed by atoms with Gasteiger partial charge in [0.15, 0.2) is 5.82 Å². The Morgan fingerprint density at radius 2 is 2.14 bits per heavy atom. The molecule has 1 aromatic carbocycles. The van der Waals surface area contributed by atoms with Gasteiger partial charge in [0.1, 0.15) is 11.0 Å². The standard InChI is InChI=1S/C19H19ClFN5O2/c20-18-6-5-13(8-22-18)7-15-9-23-19-17(26(27)28)11-24(12-25(15)19)10-14-3-1-2-4-16(14)21/h1-6,8,15,23H,7,9-12H2. The molecule has 9 heteroatoms. The van der Waals surface area contributed by atoms with Gasteiger partial charge in [-0.25, -0.2) is 9.37 Å². The fourth-order valence-electron chi connectivity index (χ4n) is 3.71. The van der Waals surface area contributed by atoms with Gasteiger partial charge in [0.05, 0.1) is 24.2 Å². The van der Waals surface area contributed by atoms with Crippen molar-refractivity contribution in [2.75, 3.05) is 19.8 Å². The second kappa shape index (κ2) is 7.73. The van der Waals surface area contributed by atoms with Gasteiger partial charge in [-0.15, -0.1) is 0 Å². The number of benzene rings is 1. The van der Waals surface area contributed by atoms with E-state index in [0.717, 1.165) is 5.56 Å². The number of hydrogen-bond acceptors (Lipinski definition) is 6. The van der Waals surface area contributed by atoms with Crippen LogP contribution in [0, 0.1) is 15.9 Å². The largest absolute Gasteiger partial charge is 0.364 e. The molecule has 2 aliphatic heterocycles. The van der Waals surface area contributed by atoms with Crippen LogP contribution in [0.25, 0.3) is 0 Å². The number of nitro groups is 1. The van der Waals surface area contributed by atoms with E-state index in [2.05, 4.69) is 10.3 Å². The van der Waals surface area contributed by atoms with Crippen LogP contribution in [-0.2, 0) is 13.0 Å². The molecule has 28 heavy (non-hydrogen) atoms. The molecule has 0 radical (unpaired) electrons. The van der Waals surface area contributed by atoms with Crippen LogP contribution in [0.4, 0.5) is 4.39 Å². The maximum absolute atomic E-state index is 14.0. The molecule has 1 unspecified atom stereocenters. The van der Waals surface area contributed by atoms with E-state index in [0.29, 0.717) is 42.7 Å². The molecular weight excluding hydrogens is 385 g/mol. The van der Waals surface area contributed by atoms with Crippen molar-refractivity contribution in [3.8, 4) is 0 Å². The molecule has 1 atom stereocenters. The molecule has 2 aromatic rings. The summed E-state index contributed by atoms with van der Waals surface area (Å²) in [6.45, 7) is 1.56. The number of nitrogens with zero attached hydrogens (tertiary/aromatic N) is 4. The van der Waals surface area contributed by atoms with Crippen molar-refractivity contribution in [3.05, 3.63) is 86.3 Å². The zero-order chi connectivity index (χ0) is 19.7. The summed E-state index contributed by atoms with van der Waals surface area (Å²) in [4.78, 5) is 19.3. The quantitative estimate of drug-likeness (QED) is 0.470. The number of hydrogen-bond donors (Lipinski definition) is 1.